The van der Waals surface area contributed by atoms with E-state index < -0.39 is 15.4 Å². The summed E-state index contributed by atoms with van der Waals surface area (Å²) in [6, 6.07) is 0. The van der Waals surface area contributed by atoms with Crippen LogP contribution in [0.2, 0.25) is 0 Å². The molecule has 0 aliphatic rings. The zero-order valence-corrected chi connectivity index (χ0v) is 6.70. The fraction of sp³-hybridized carbons (Fsp3) is 1.00. The molecule has 9 heavy (non-hydrogen) atoms. The van der Waals surface area contributed by atoms with E-state index in [4.69, 9.17) is 23.2 Å². The minimum absolute atomic E-state index is 0.936. The van der Waals surface area contributed by atoms with Crippen molar-refractivity contribution in [3.63, 3.8) is 0 Å². The summed E-state index contributed by atoms with van der Waals surface area (Å²) in [6.45, 7) is 0. The average Bonchev–Trinajstić information content (AvgIpc) is 1.63. The van der Waals surface area contributed by atoms with Gasteiger partial charge in [0.1, 0.15) is 0 Å². The van der Waals surface area contributed by atoms with Gasteiger partial charge in [0, 0.05) is 0 Å². The van der Waals surface area contributed by atoms with Crippen molar-refractivity contribution in [2.75, 3.05) is 7.11 Å². The Morgan fingerprint density at radius 3 is 2.00 bits per heavy atom. The van der Waals surface area contributed by atoms with Gasteiger partial charge >= 0.3 is 10.4 Å². The zero-order valence-electron chi connectivity index (χ0n) is 4.37. The summed E-state index contributed by atoms with van der Waals surface area (Å²) in [7, 11) is -3.05. The molecule has 56 valence electrons. The summed E-state index contributed by atoms with van der Waals surface area (Å²) in [6.07, 6.45) is 0. The predicted octanol–water partition coefficient (Wildman–Crippen LogP) is 0.655. The van der Waals surface area contributed by atoms with Gasteiger partial charge in [-0.05, 0) is 0 Å². The highest BCUT2D eigenvalue weighted by atomic mass is 35.5. The van der Waals surface area contributed by atoms with E-state index in [0.717, 1.165) is 7.11 Å². The second-order valence-corrected chi connectivity index (χ2v) is 3.29. The van der Waals surface area contributed by atoms with Gasteiger partial charge in [0.05, 0.1) is 7.11 Å². The van der Waals surface area contributed by atoms with Crippen LogP contribution in [0.25, 0.3) is 0 Å². The summed E-state index contributed by atoms with van der Waals surface area (Å²) >= 11 is 9.85. The SMILES string of the molecule is COS(=O)(=O)OC(Cl)Cl. The molecule has 7 heteroatoms. The molecule has 0 saturated carbocycles. The molecule has 4 nitrogen and oxygen atoms in total. The summed E-state index contributed by atoms with van der Waals surface area (Å²) in [4.78, 5) is 0. The Bertz CT molecular complexity index is 161. The third-order valence-corrected chi connectivity index (χ3v) is 1.62. The van der Waals surface area contributed by atoms with Crippen molar-refractivity contribution in [3.05, 3.63) is 0 Å². The summed E-state index contributed by atoms with van der Waals surface area (Å²) in [5.74, 6) is 0. The topological polar surface area (TPSA) is 52.6 Å². The second-order valence-electron chi connectivity index (χ2n) is 0.932. The van der Waals surface area contributed by atoms with Crippen molar-refractivity contribution in [1.82, 2.24) is 0 Å². The van der Waals surface area contributed by atoms with Crippen LogP contribution in [0.1, 0.15) is 0 Å². The number of hydrogen-bond donors (Lipinski definition) is 0. The molecular weight excluding hydrogens is 191 g/mol. The maximum atomic E-state index is 10.2. The normalized spacial score (nSPS) is 12.4. The third-order valence-electron chi connectivity index (χ3n) is 0.395. The van der Waals surface area contributed by atoms with E-state index in [2.05, 4.69) is 8.37 Å². The first-order valence-corrected chi connectivity index (χ1v) is 3.95. The lowest BCUT2D eigenvalue weighted by molar-refractivity contribution is 0.260. The summed E-state index contributed by atoms with van der Waals surface area (Å²) in [5, 5.41) is -1.42. The highest BCUT2D eigenvalue weighted by molar-refractivity contribution is 7.81. The Balaban J connectivity index is 3.90. The maximum absolute atomic E-state index is 10.2. The van der Waals surface area contributed by atoms with Crippen LogP contribution >= 0.6 is 23.2 Å². The molecular formula is C2H4Cl2O4S. The van der Waals surface area contributed by atoms with Gasteiger partial charge < -0.3 is 0 Å². The molecule has 0 aromatic carbocycles. The molecule has 0 fully saturated rings. The van der Waals surface area contributed by atoms with E-state index in [9.17, 15) is 8.42 Å². The molecule has 0 aromatic heterocycles. The molecule has 0 aliphatic heterocycles. The van der Waals surface area contributed by atoms with Crippen LogP contribution in [0.15, 0.2) is 0 Å². The molecule has 0 amide bonds. The Morgan fingerprint density at radius 1 is 1.44 bits per heavy atom. The largest absolute Gasteiger partial charge is 0.402 e. The van der Waals surface area contributed by atoms with Crippen LogP contribution in [0.5, 0.6) is 0 Å². The van der Waals surface area contributed by atoms with E-state index in [0.29, 0.717) is 0 Å². The van der Waals surface area contributed by atoms with Crippen molar-refractivity contribution < 1.29 is 16.8 Å². The number of halogens is 2. The van der Waals surface area contributed by atoms with E-state index in [1.165, 1.54) is 0 Å². The standard InChI is InChI=1S/C2H4Cl2O4S/c1-7-9(5,6)8-2(3)4/h2H,1H3. The van der Waals surface area contributed by atoms with Gasteiger partial charge in [0.25, 0.3) is 0 Å². The predicted molar refractivity (Wildman–Crippen MR) is 32.5 cm³/mol. The molecule has 0 aliphatic carbocycles. The molecule has 0 atom stereocenters. The second kappa shape index (κ2) is 3.58. The van der Waals surface area contributed by atoms with Crippen molar-refractivity contribution in [3.8, 4) is 0 Å². The minimum Gasteiger partial charge on any atom is -0.251 e. The van der Waals surface area contributed by atoms with Gasteiger partial charge in [0.15, 0.2) is 0 Å². The summed E-state index contributed by atoms with van der Waals surface area (Å²) in [5.41, 5.74) is 0. The van der Waals surface area contributed by atoms with Crippen LogP contribution in [-0.4, -0.2) is 20.5 Å². The fourth-order valence-electron chi connectivity index (χ4n) is 0.128. The lowest BCUT2D eigenvalue weighted by atomic mass is 11.7. The highest BCUT2D eigenvalue weighted by Crippen LogP contribution is 2.08. The van der Waals surface area contributed by atoms with E-state index >= 15 is 0 Å². The lowest BCUT2D eigenvalue weighted by Gasteiger charge is -2.00. The summed E-state index contributed by atoms with van der Waals surface area (Å²) < 4.78 is 28.1. The Kier molecular flexibility index (Phi) is 3.76. The monoisotopic (exact) mass is 194 g/mol. The van der Waals surface area contributed by atoms with Crippen molar-refractivity contribution >= 4 is 33.6 Å². The van der Waals surface area contributed by atoms with E-state index in [-0.39, 0.29) is 0 Å². The van der Waals surface area contributed by atoms with Gasteiger partial charge in [-0.15, -0.1) is 0 Å². The average molecular weight is 195 g/mol. The highest BCUT2D eigenvalue weighted by Gasteiger charge is 2.13. The molecule has 0 bridgehead atoms. The van der Waals surface area contributed by atoms with E-state index in [1.54, 1.807) is 0 Å². The van der Waals surface area contributed by atoms with Crippen molar-refractivity contribution in [2.24, 2.45) is 0 Å². The molecule has 0 spiro atoms. The fourth-order valence-corrected chi connectivity index (χ4v) is 0.920. The quantitative estimate of drug-likeness (QED) is 0.620. The third kappa shape index (κ3) is 4.92. The molecule has 0 unspecified atom stereocenters. The van der Waals surface area contributed by atoms with Crippen LogP contribution in [-0.2, 0) is 18.8 Å². The zero-order chi connectivity index (χ0) is 7.49. The van der Waals surface area contributed by atoms with Crippen LogP contribution < -0.4 is 0 Å². The maximum Gasteiger partial charge on any atom is 0.402 e. The first-order valence-electron chi connectivity index (χ1n) is 1.75. The van der Waals surface area contributed by atoms with Gasteiger partial charge in [-0.2, -0.15) is 8.42 Å². The van der Waals surface area contributed by atoms with Crippen molar-refractivity contribution in [1.29, 1.82) is 0 Å². The number of hydrogen-bond acceptors (Lipinski definition) is 4. The van der Waals surface area contributed by atoms with Gasteiger partial charge in [-0.1, -0.05) is 23.2 Å². The van der Waals surface area contributed by atoms with E-state index in [1.807, 2.05) is 0 Å². The number of alkyl halides is 2. The first kappa shape index (κ1) is 9.45. The molecule has 0 rings (SSSR count). The van der Waals surface area contributed by atoms with Crippen LogP contribution in [0, 0.1) is 0 Å². The van der Waals surface area contributed by atoms with Crippen molar-refractivity contribution in [2.45, 2.75) is 5.02 Å². The number of rotatable bonds is 3. The first-order chi connectivity index (χ1) is 3.98. The lowest BCUT2D eigenvalue weighted by Crippen LogP contribution is -2.09. The molecule has 0 N–H and O–H groups in total. The van der Waals surface area contributed by atoms with Crippen LogP contribution in [0.4, 0.5) is 0 Å². The van der Waals surface area contributed by atoms with Crippen LogP contribution in [0.3, 0.4) is 0 Å². The van der Waals surface area contributed by atoms with Gasteiger partial charge in [-0.25, -0.2) is 4.18 Å². The Hall–Kier alpha value is 0.450. The van der Waals surface area contributed by atoms with Gasteiger partial charge in [0.2, 0.25) is 5.02 Å². The van der Waals surface area contributed by atoms with Gasteiger partial charge in [-0.3, -0.25) is 4.18 Å². The smallest absolute Gasteiger partial charge is 0.251 e. The molecule has 0 heterocycles. The Labute approximate surface area is 63.0 Å². The Morgan fingerprint density at radius 2 is 1.89 bits per heavy atom. The molecule has 0 aromatic rings. The molecule has 0 saturated heterocycles. The minimum atomic E-state index is -3.98. The molecule has 0 radical (unpaired) electrons.